The van der Waals surface area contributed by atoms with Crippen molar-refractivity contribution in [3.8, 4) is 5.75 Å². The number of carbonyl (C=O) groups excluding carboxylic acids is 1. The Labute approximate surface area is 193 Å². The molecule has 0 unspecified atom stereocenters. The Bertz CT molecular complexity index is 1080. The molecule has 176 valence electrons. The van der Waals surface area contributed by atoms with Gasteiger partial charge >= 0.3 is 12.4 Å². The van der Waals surface area contributed by atoms with Gasteiger partial charge in [0.15, 0.2) is 5.82 Å². The second-order valence-corrected chi connectivity index (χ2v) is 10.3. The highest BCUT2D eigenvalue weighted by molar-refractivity contribution is 6.31. The third-order valence-corrected chi connectivity index (χ3v) is 7.63. The maximum atomic E-state index is 12.8. The molecule has 7 nitrogen and oxygen atoms in total. The summed E-state index contributed by atoms with van der Waals surface area (Å²) in [4.78, 5) is 20.9. The van der Waals surface area contributed by atoms with Crippen LogP contribution in [0.1, 0.15) is 54.9 Å². The lowest BCUT2D eigenvalue weighted by Gasteiger charge is -2.60. The van der Waals surface area contributed by atoms with E-state index in [-0.39, 0.29) is 28.1 Å². The van der Waals surface area contributed by atoms with E-state index in [9.17, 15) is 18.0 Å². The molecule has 2 aliphatic heterocycles. The molecule has 2 aliphatic carbocycles. The second-order valence-electron chi connectivity index (χ2n) is 9.89. The van der Waals surface area contributed by atoms with E-state index < -0.39 is 6.36 Å². The van der Waals surface area contributed by atoms with E-state index in [4.69, 9.17) is 11.6 Å². The van der Waals surface area contributed by atoms with Gasteiger partial charge in [0.1, 0.15) is 12.1 Å². The SMILES string of the molecule is O=C(N1CC(c2ccc(OC(F)(F)F)cc2Cl)C1)N1CC2(CC(n3cnc(C4CC4)n3)C2)C1. The number of hydrogen-bond acceptors (Lipinski definition) is 4. The van der Waals surface area contributed by atoms with Crippen molar-refractivity contribution < 1.29 is 22.7 Å². The van der Waals surface area contributed by atoms with Gasteiger partial charge < -0.3 is 14.5 Å². The predicted octanol–water partition coefficient (Wildman–Crippen LogP) is 4.56. The Morgan fingerprint density at radius 2 is 1.85 bits per heavy atom. The number of hydrogen-bond donors (Lipinski definition) is 0. The summed E-state index contributed by atoms with van der Waals surface area (Å²) in [6.07, 6.45) is 1.52. The van der Waals surface area contributed by atoms with Gasteiger partial charge in [0, 0.05) is 48.5 Å². The highest BCUT2D eigenvalue weighted by atomic mass is 35.5. The molecule has 2 saturated carbocycles. The molecule has 0 radical (unpaired) electrons. The van der Waals surface area contributed by atoms with Crippen LogP contribution in [0.25, 0.3) is 0 Å². The van der Waals surface area contributed by atoms with Crippen molar-refractivity contribution in [3.05, 3.63) is 40.9 Å². The van der Waals surface area contributed by atoms with Crippen LogP contribution in [-0.2, 0) is 0 Å². The van der Waals surface area contributed by atoms with Crippen molar-refractivity contribution in [1.82, 2.24) is 24.6 Å². The normalized spacial score (nSPS) is 22.7. The smallest absolute Gasteiger partial charge is 0.406 e. The first kappa shape index (κ1) is 21.1. The van der Waals surface area contributed by atoms with E-state index in [1.165, 1.54) is 25.0 Å². The van der Waals surface area contributed by atoms with Crippen LogP contribution in [0.5, 0.6) is 5.75 Å². The topological polar surface area (TPSA) is 63.5 Å². The monoisotopic (exact) mass is 481 g/mol. The van der Waals surface area contributed by atoms with Crippen LogP contribution in [-0.4, -0.2) is 63.1 Å². The molecular weight excluding hydrogens is 459 g/mol. The van der Waals surface area contributed by atoms with Crippen molar-refractivity contribution >= 4 is 17.6 Å². The number of aromatic nitrogens is 3. The lowest BCUT2D eigenvalue weighted by atomic mass is 9.61. The van der Waals surface area contributed by atoms with Crippen LogP contribution in [0.2, 0.25) is 5.02 Å². The van der Waals surface area contributed by atoms with Crippen LogP contribution in [0.4, 0.5) is 18.0 Å². The molecule has 11 heteroatoms. The van der Waals surface area contributed by atoms with Crippen LogP contribution >= 0.6 is 11.6 Å². The first-order valence-corrected chi connectivity index (χ1v) is 11.6. The maximum absolute atomic E-state index is 12.8. The Kier molecular flexibility index (Phi) is 4.63. The van der Waals surface area contributed by atoms with Crippen molar-refractivity contribution in [3.63, 3.8) is 0 Å². The van der Waals surface area contributed by atoms with Gasteiger partial charge in [-0.25, -0.2) is 14.5 Å². The van der Waals surface area contributed by atoms with Gasteiger partial charge in [-0.15, -0.1) is 13.2 Å². The molecule has 1 spiro atoms. The Morgan fingerprint density at radius 1 is 1.12 bits per heavy atom. The third-order valence-electron chi connectivity index (χ3n) is 7.30. The third kappa shape index (κ3) is 3.92. The number of carbonyl (C=O) groups is 1. The molecule has 2 aromatic rings. The summed E-state index contributed by atoms with van der Waals surface area (Å²) in [5, 5.41) is 4.85. The fourth-order valence-corrected chi connectivity index (χ4v) is 5.67. The van der Waals surface area contributed by atoms with Gasteiger partial charge in [0.25, 0.3) is 0 Å². The van der Waals surface area contributed by atoms with Crippen molar-refractivity contribution in [1.29, 1.82) is 0 Å². The van der Waals surface area contributed by atoms with Crippen LogP contribution in [0, 0.1) is 5.41 Å². The average Bonchev–Trinajstić information content (AvgIpc) is 3.37. The number of rotatable bonds is 4. The molecule has 2 saturated heterocycles. The zero-order valence-electron chi connectivity index (χ0n) is 17.8. The molecule has 4 aliphatic rings. The van der Waals surface area contributed by atoms with Gasteiger partial charge in [0.05, 0.1) is 6.04 Å². The number of urea groups is 1. The number of benzene rings is 1. The number of likely N-dealkylation sites (tertiary alicyclic amines) is 2. The summed E-state index contributed by atoms with van der Waals surface area (Å²) in [7, 11) is 0. The second kappa shape index (κ2) is 7.25. The molecule has 3 heterocycles. The van der Waals surface area contributed by atoms with Gasteiger partial charge in [-0.1, -0.05) is 17.7 Å². The summed E-state index contributed by atoms with van der Waals surface area (Å²) in [6, 6.07) is 4.37. The Morgan fingerprint density at radius 3 is 2.48 bits per heavy atom. The van der Waals surface area contributed by atoms with E-state index in [1.54, 1.807) is 11.0 Å². The first-order valence-electron chi connectivity index (χ1n) is 11.2. The van der Waals surface area contributed by atoms with Gasteiger partial charge in [-0.2, -0.15) is 5.10 Å². The molecule has 0 bridgehead atoms. The summed E-state index contributed by atoms with van der Waals surface area (Å²) in [5.41, 5.74) is 0.934. The predicted molar refractivity (Wildman–Crippen MR) is 112 cm³/mol. The number of amides is 2. The molecule has 4 fully saturated rings. The summed E-state index contributed by atoms with van der Waals surface area (Å²) < 4.78 is 43.0. The van der Waals surface area contributed by atoms with E-state index in [2.05, 4.69) is 14.8 Å². The van der Waals surface area contributed by atoms with Crippen LogP contribution in [0.3, 0.4) is 0 Å². The minimum absolute atomic E-state index is 0.0117. The molecule has 0 atom stereocenters. The van der Waals surface area contributed by atoms with Crippen molar-refractivity contribution in [2.24, 2.45) is 5.41 Å². The molecule has 0 N–H and O–H groups in total. The standard InChI is InChI=1S/C22H23ClF3N5O2/c23-18-5-16(33-22(24,25)26)3-4-17(18)14-8-29(9-14)20(32)30-10-21(11-30)6-15(7-21)31-12-27-19(28-31)13-1-2-13/h3-5,12-15H,1-2,6-11H2. The minimum Gasteiger partial charge on any atom is -0.406 e. The number of halogens is 4. The number of alkyl halides is 3. The lowest BCUT2D eigenvalue weighted by molar-refractivity contribution is -0.274. The molecule has 33 heavy (non-hydrogen) atoms. The Balaban J connectivity index is 0.977. The molecule has 6 rings (SSSR count). The molecule has 2 amide bonds. The van der Waals surface area contributed by atoms with Gasteiger partial charge in [-0.05, 0) is 43.4 Å². The maximum Gasteiger partial charge on any atom is 0.573 e. The van der Waals surface area contributed by atoms with E-state index in [1.807, 2.05) is 15.9 Å². The largest absolute Gasteiger partial charge is 0.573 e. The fourth-order valence-electron chi connectivity index (χ4n) is 5.34. The minimum atomic E-state index is -4.76. The fraction of sp³-hybridized carbons (Fsp3) is 0.591. The highest BCUT2D eigenvalue weighted by Gasteiger charge is 2.55. The first-order chi connectivity index (χ1) is 15.7. The lowest BCUT2D eigenvalue weighted by Crippen LogP contribution is -2.67. The average molecular weight is 482 g/mol. The molecule has 1 aromatic heterocycles. The number of ether oxygens (including phenoxy) is 1. The van der Waals surface area contributed by atoms with Crippen molar-refractivity contribution in [2.45, 2.75) is 49.9 Å². The van der Waals surface area contributed by atoms with Gasteiger partial charge in [0.2, 0.25) is 0 Å². The summed E-state index contributed by atoms with van der Waals surface area (Å²) in [6.45, 7) is 2.54. The molecule has 1 aromatic carbocycles. The Hall–Kier alpha value is -2.49. The summed E-state index contributed by atoms with van der Waals surface area (Å²) >= 11 is 6.17. The van der Waals surface area contributed by atoms with Crippen LogP contribution in [0.15, 0.2) is 24.5 Å². The van der Waals surface area contributed by atoms with Crippen LogP contribution < -0.4 is 4.74 Å². The molecular formula is C22H23ClF3N5O2. The van der Waals surface area contributed by atoms with E-state index in [0.717, 1.165) is 37.3 Å². The quantitative estimate of drug-likeness (QED) is 0.642. The van der Waals surface area contributed by atoms with E-state index in [0.29, 0.717) is 25.0 Å². The van der Waals surface area contributed by atoms with Crippen molar-refractivity contribution in [2.75, 3.05) is 26.2 Å². The highest BCUT2D eigenvalue weighted by Crippen LogP contribution is 2.54. The zero-order chi connectivity index (χ0) is 23.0. The zero-order valence-corrected chi connectivity index (χ0v) is 18.5. The number of nitrogens with zero attached hydrogens (tertiary/aromatic N) is 5. The van der Waals surface area contributed by atoms with Gasteiger partial charge in [-0.3, -0.25) is 0 Å². The summed E-state index contributed by atoms with van der Waals surface area (Å²) in [5.74, 6) is 1.19. The van der Waals surface area contributed by atoms with E-state index >= 15 is 0 Å².